The highest BCUT2D eigenvalue weighted by Crippen LogP contribution is 2.39. The Kier molecular flexibility index (Phi) is 10.5. The number of aromatic amines is 1. The van der Waals surface area contributed by atoms with Gasteiger partial charge in [0.1, 0.15) is 6.04 Å². The minimum absolute atomic E-state index is 0.0574. The molecule has 3 aliphatic heterocycles. The van der Waals surface area contributed by atoms with Crippen LogP contribution in [0.25, 0.3) is 11.0 Å². The van der Waals surface area contributed by atoms with Gasteiger partial charge in [-0.1, -0.05) is 60.7 Å². The summed E-state index contributed by atoms with van der Waals surface area (Å²) >= 11 is 0. The molecule has 4 heterocycles. The van der Waals surface area contributed by atoms with Crippen molar-refractivity contribution in [1.82, 2.24) is 24.7 Å². The highest BCUT2D eigenvalue weighted by atomic mass is 19.4. The van der Waals surface area contributed by atoms with Crippen LogP contribution in [-0.2, 0) is 32.2 Å². The molecule has 0 spiro atoms. The first kappa shape index (κ1) is 35.9. The van der Waals surface area contributed by atoms with Gasteiger partial charge in [0, 0.05) is 50.7 Å². The number of alkyl halides is 3. The summed E-state index contributed by atoms with van der Waals surface area (Å²) < 4.78 is 54.0. The van der Waals surface area contributed by atoms with E-state index >= 15 is 0 Å². The van der Waals surface area contributed by atoms with E-state index in [1.807, 2.05) is 77.4 Å². The van der Waals surface area contributed by atoms with Crippen molar-refractivity contribution in [3.05, 3.63) is 106 Å². The smallest absolute Gasteiger partial charge is 0.392 e. The van der Waals surface area contributed by atoms with Crippen LogP contribution >= 0.6 is 0 Å². The second-order valence-corrected chi connectivity index (χ2v) is 13.8. The second-order valence-electron chi connectivity index (χ2n) is 13.8. The molecule has 0 unspecified atom stereocenters. The Balaban J connectivity index is 1.000. The number of hydrogen-bond donors (Lipinski definition) is 3. The van der Waals surface area contributed by atoms with E-state index in [4.69, 9.17) is 9.47 Å². The third kappa shape index (κ3) is 7.80. The number of aliphatic hydroxyl groups excluding tert-OH is 1. The van der Waals surface area contributed by atoms with E-state index in [-0.39, 0.29) is 50.1 Å². The predicted molar refractivity (Wildman–Crippen MR) is 185 cm³/mol. The van der Waals surface area contributed by atoms with Gasteiger partial charge in [0.2, 0.25) is 5.91 Å². The minimum Gasteiger partial charge on any atom is -0.392 e. The zero-order valence-electron chi connectivity index (χ0n) is 28.6. The summed E-state index contributed by atoms with van der Waals surface area (Å²) in [6.07, 6.45) is -3.37. The topological polar surface area (TPSA) is 129 Å². The average Bonchev–Trinajstić information content (AvgIpc) is 3.78. The van der Waals surface area contributed by atoms with E-state index in [0.717, 1.165) is 59.2 Å². The van der Waals surface area contributed by atoms with Crippen LogP contribution in [-0.4, -0.2) is 80.8 Å². The lowest BCUT2D eigenvalue weighted by molar-refractivity contribution is -0.253. The van der Waals surface area contributed by atoms with Gasteiger partial charge >= 0.3 is 17.8 Å². The minimum atomic E-state index is -5.03. The number of piperidine rings is 1. The molecule has 3 fully saturated rings. The lowest BCUT2D eigenvalue weighted by Gasteiger charge is -2.40. The van der Waals surface area contributed by atoms with Crippen molar-refractivity contribution in [3.63, 3.8) is 0 Å². The Hall–Kier alpha value is -4.50. The summed E-state index contributed by atoms with van der Waals surface area (Å²) in [6, 6.07) is 21.7. The SMILES string of the molecule is O=C(NCc1ccc([C@@H]2O[C@H](CN3CCC(n4c(=O)[nH]c5ccccc54)CC3)C[C@H](c3ccc(CO)cc3)O2)cc1)[C@@H]1CCCN1C(=O)C(F)(F)F. The number of amides is 2. The third-order valence-corrected chi connectivity index (χ3v) is 10.4. The molecule has 3 aliphatic rings. The predicted octanol–water partition coefficient (Wildman–Crippen LogP) is 4.87. The number of aromatic nitrogens is 2. The molecular weight excluding hydrogens is 679 g/mol. The molecule has 2 amide bonds. The van der Waals surface area contributed by atoms with Crippen molar-refractivity contribution in [2.24, 2.45) is 0 Å². The highest BCUT2D eigenvalue weighted by molar-refractivity contribution is 5.90. The van der Waals surface area contributed by atoms with E-state index in [1.165, 1.54) is 0 Å². The number of benzene rings is 3. The number of para-hydroxylation sites is 2. The van der Waals surface area contributed by atoms with Crippen LogP contribution in [0.15, 0.2) is 77.6 Å². The van der Waals surface area contributed by atoms with Gasteiger partial charge < -0.3 is 34.7 Å². The van der Waals surface area contributed by atoms with Crippen molar-refractivity contribution >= 4 is 22.8 Å². The molecule has 1 aromatic heterocycles. The van der Waals surface area contributed by atoms with E-state index in [1.54, 1.807) is 0 Å². The van der Waals surface area contributed by atoms with Gasteiger partial charge in [0.25, 0.3) is 0 Å². The van der Waals surface area contributed by atoms with Crippen molar-refractivity contribution in [1.29, 1.82) is 0 Å². The summed E-state index contributed by atoms with van der Waals surface area (Å²) in [5.41, 5.74) is 4.94. The Morgan fingerprint density at radius 3 is 2.29 bits per heavy atom. The number of ether oxygens (including phenoxy) is 2. The van der Waals surface area contributed by atoms with Crippen LogP contribution in [0.4, 0.5) is 13.2 Å². The lowest BCUT2D eigenvalue weighted by Crippen LogP contribution is -2.50. The molecule has 276 valence electrons. The highest BCUT2D eigenvalue weighted by Gasteiger charge is 2.47. The van der Waals surface area contributed by atoms with Gasteiger partial charge in [-0.25, -0.2) is 4.79 Å². The normalized spacial score (nSPS) is 23.3. The van der Waals surface area contributed by atoms with Crippen LogP contribution in [0, 0.1) is 0 Å². The number of rotatable bonds is 9. The number of nitrogens with zero attached hydrogens (tertiary/aromatic N) is 3. The summed E-state index contributed by atoms with van der Waals surface area (Å²) in [5.74, 6) is -2.61. The molecule has 7 rings (SSSR count). The van der Waals surface area contributed by atoms with E-state index in [9.17, 15) is 32.7 Å². The first-order valence-electron chi connectivity index (χ1n) is 17.7. The summed E-state index contributed by atoms with van der Waals surface area (Å²) in [5, 5.41) is 12.2. The van der Waals surface area contributed by atoms with Crippen molar-refractivity contribution < 1.29 is 37.3 Å². The molecule has 0 bridgehead atoms. The first-order chi connectivity index (χ1) is 25.1. The first-order valence-corrected chi connectivity index (χ1v) is 17.7. The molecule has 0 aliphatic carbocycles. The maximum absolute atomic E-state index is 13.0. The number of hydrogen-bond acceptors (Lipinski definition) is 7. The molecule has 3 N–H and O–H groups in total. The molecule has 0 radical (unpaired) electrons. The van der Waals surface area contributed by atoms with Crippen molar-refractivity contribution in [2.75, 3.05) is 26.2 Å². The van der Waals surface area contributed by atoms with Gasteiger partial charge in [0.05, 0.1) is 29.8 Å². The standard InChI is InChI=1S/C38H42F3N5O6/c39-38(40,41)36(49)45-17-3-6-32(45)34(48)42-21-24-7-13-27(14-8-24)35-51-29(20-33(52-35)26-11-9-25(23-47)10-12-26)22-44-18-15-28(16-19-44)46-31-5-2-1-4-30(31)43-37(46)50/h1-2,4-5,7-14,28-29,32-33,35,47H,3,6,15-23H2,(H,42,48)(H,43,50)/t29-,32-,33+,35+/m0/s1. The number of H-pyrrole nitrogens is 1. The number of imidazole rings is 1. The Morgan fingerprint density at radius 2 is 1.58 bits per heavy atom. The second kappa shape index (κ2) is 15.2. The Labute approximate surface area is 298 Å². The molecule has 0 saturated carbocycles. The monoisotopic (exact) mass is 721 g/mol. The number of fused-ring (bicyclic) bond motifs is 1. The fourth-order valence-corrected chi connectivity index (χ4v) is 7.66. The van der Waals surface area contributed by atoms with Crippen LogP contribution in [0.5, 0.6) is 0 Å². The van der Waals surface area contributed by atoms with Gasteiger partial charge in [0.15, 0.2) is 6.29 Å². The number of likely N-dealkylation sites (tertiary alicyclic amines) is 2. The van der Waals surface area contributed by atoms with Gasteiger partial charge in [-0.15, -0.1) is 0 Å². The van der Waals surface area contributed by atoms with Crippen LogP contribution in [0.2, 0.25) is 0 Å². The van der Waals surface area contributed by atoms with Crippen molar-refractivity contribution in [2.45, 2.75) is 82.0 Å². The van der Waals surface area contributed by atoms with E-state index < -0.39 is 30.3 Å². The number of aliphatic hydroxyl groups is 1. The fourth-order valence-electron chi connectivity index (χ4n) is 7.66. The van der Waals surface area contributed by atoms with Gasteiger partial charge in [-0.2, -0.15) is 13.2 Å². The van der Waals surface area contributed by atoms with Crippen LogP contribution in [0.3, 0.4) is 0 Å². The largest absolute Gasteiger partial charge is 0.471 e. The number of carbonyl (C=O) groups excluding carboxylic acids is 2. The van der Waals surface area contributed by atoms with Crippen LogP contribution < -0.4 is 11.0 Å². The van der Waals surface area contributed by atoms with Crippen molar-refractivity contribution in [3.8, 4) is 0 Å². The van der Waals surface area contributed by atoms with E-state index in [0.29, 0.717) is 24.3 Å². The summed E-state index contributed by atoms with van der Waals surface area (Å²) in [4.78, 5) is 43.3. The molecular formula is C38H42F3N5O6. The molecule has 52 heavy (non-hydrogen) atoms. The Bertz CT molecular complexity index is 1920. The number of nitrogens with one attached hydrogen (secondary N) is 2. The number of halogens is 3. The van der Waals surface area contributed by atoms with Gasteiger partial charge in [-0.05, 0) is 54.5 Å². The average molecular weight is 722 g/mol. The zero-order valence-corrected chi connectivity index (χ0v) is 28.6. The fraction of sp³-hybridized carbons (Fsp3) is 0.447. The summed E-state index contributed by atoms with van der Waals surface area (Å²) in [7, 11) is 0. The molecule has 14 heteroatoms. The molecule has 3 saturated heterocycles. The van der Waals surface area contributed by atoms with E-state index in [2.05, 4.69) is 15.2 Å². The quantitative estimate of drug-likeness (QED) is 0.225. The number of carbonyl (C=O) groups is 2. The third-order valence-electron chi connectivity index (χ3n) is 10.4. The molecule has 4 aromatic rings. The molecule has 11 nitrogen and oxygen atoms in total. The van der Waals surface area contributed by atoms with Gasteiger partial charge in [-0.3, -0.25) is 14.2 Å². The summed E-state index contributed by atoms with van der Waals surface area (Å²) in [6.45, 7) is 2.21. The maximum atomic E-state index is 13.0. The molecule has 3 aromatic carbocycles. The maximum Gasteiger partial charge on any atom is 0.471 e. The Morgan fingerprint density at radius 1 is 0.885 bits per heavy atom. The lowest BCUT2D eigenvalue weighted by atomic mass is 9.98. The zero-order chi connectivity index (χ0) is 36.4. The molecule has 4 atom stereocenters. The van der Waals surface area contributed by atoms with Crippen LogP contribution in [0.1, 0.15) is 72.8 Å².